The summed E-state index contributed by atoms with van der Waals surface area (Å²) in [7, 11) is 0. The molecule has 2 aromatic rings. The number of thiophene rings is 1. The highest BCUT2D eigenvalue weighted by Gasteiger charge is 2.21. The minimum Gasteiger partial charge on any atom is -0.337 e. The largest absolute Gasteiger partial charge is 0.337 e. The van der Waals surface area contributed by atoms with Crippen LogP contribution in [0.4, 0.5) is 0 Å². The molecule has 3 heterocycles. The molecule has 0 fully saturated rings. The van der Waals surface area contributed by atoms with Crippen LogP contribution in [0.1, 0.15) is 36.0 Å². The third-order valence-corrected chi connectivity index (χ3v) is 5.37. The molecule has 0 aliphatic carbocycles. The van der Waals surface area contributed by atoms with Crippen molar-refractivity contribution >= 4 is 29.0 Å². The third kappa shape index (κ3) is 3.29. The van der Waals surface area contributed by atoms with Crippen LogP contribution < -0.4 is 0 Å². The van der Waals surface area contributed by atoms with Crippen molar-refractivity contribution in [2.24, 2.45) is 0 Å². The van der Waals surface area contributed by atoms with Gasteiger partial charge in [0.15, 0.2) is 0 Å². The van der Waals surface area contributed by atoms with E-state index in [-0.39, 0.29) is 5.91 Å². The van der Waals surface area contributed by atoms with Crippen LogP contribution in [0.2, 0.25) is 0 Å². The molecule has 1 aliphatic heterocycles. The van der Waals surface area contributed by atoms with Gasteiger partial charge in [0.25, 0.3) is 0 Å². The molecule has 0 radical (unpaired) electrons. The molecular formula is C14H18N4OS2. The van der Waals surface area contributed by atoms with E-state index in [0.29, 0.717) is 16.8 Å². The lowest BCUT2D eigenvalue weighted by atomic mass is 10.1. The van der Waals surface area contributed by atoms with Crippen LogP contribution in [-0.4, -0.2) is 38.3 Å². The Morgan fingerprint density at radius 3 is 3.19 bits per heavy atom. The summed E-state index contributed by atoms with van der Waals surface area (Å²) in [5.74, 6) is 1.75. The van der Waals surface area contributed by atoms with Gasteiger partial charge in [-0.15, -0.1) is 16.4 Å². The van der Waals surface area contributed by atoms with E-state index < -0.39 is 0 Å². The number of nitrogens with zero attached hydrogens (tertiary/aromatic N) is 3. The molecule has 2 aromatic heterocycles. The lowest BCUT2D eigenvalue weighted by Gasteiger charge is -2.26. The van der Waals surface area contributed by atoms with Crippen molar-refractivity contribution in [1.82, 2.24) is 20.1 Å². The van der Waals surface area contributed by atoms with Gasteiger partial charge in [-0.1, -0.05) is 25.6 Å². The molecule has 3 rings (SSSR count). The van der Waals surface area contributed by atoms with Gasteiger partial charge in [0.2, 0.25) is 11.1 Å². The van der Waals surface area contributed by atoms with Crippen molar-refractivity contribution in [2.75, 3.05) is 12.3 Å². The first-order chi connectivity index (χ1) is 10.1. The van der Waals surface area contributed by atoms with Crippen LogP contribution in [0, 0.1) is 0 Å². The molecule has 1 aliphatic rings. The molecule has 0 saturated heterocycles. The van der Waals surface area contributed by atoms with E-state index in [1.807, 2.05) is 4.90 Å². The molecular weight excluding hydrogens is 304 g/mol. The van der Waals surface area contributed by atoms with Crippen LogP contribution in [0.15, 0.2) is 16.6 Å². The lowest BCUT2D eigenvalue weighted by molar-refractivity contribution is -0.129. The number of hydrogen-bond acceptors (Lipinski definition) is 5. The number of carbonyl (C=O) groups is 1. The number of hydrogen-bond donors (Lipinski definition) is 1. The maximum absolute atomic E-state index is 12.3. The van der Waals surface area contributed by atoms with E-state index in [9.17, 15) is 4.79 Å². The summed E-state index contributed by atoms with van der Waals surface area (Å²) in [6.45, 7) is 5.68. The molecule has 7 heteroatoms. The summed E-state index contributed by atoms with van der Waals surface area (Å²) in [5, 5.41) is 9.81. The van der Waals surface area contributed by atoms with Crippen LogP contribution in [-0.2, 0) is 17.8 Å². The van der Waals surface area contributed by atoms with Gasteiger partial charge in [-0.25, -0.2) is 4.98 Å². The predicted molar refractivity (Wildman–Crippen MR) is 84.6 cm³/mol. The Balaban J connectivity index is 1.55. The van der Waals surface area contributed by atoms with Gasteiger partial charge < -0.3 is 4.90 Å². The fraction of sp³-hybridized carbons (Fsp3) is 0.500. The summed E-state index contributed by atoms with van der Waals surface area (Å²) in [5.41, 5.74) is 1.30. The van der Waals surface area contributed by atoms with E-state index in [0.717, 1.165) is 25.3 Å². The Morgan fingerprint density at radius 2 is 2.43 bits per heavy atom. The van der Waals surface area contributed by atoms with E-state index >= 15 is 0 Å². The topological polar surface area (TPSA) is 61.9 Å². The zero-order chi connectivity index (χ0) is 14.8. The molecule has 0 unspecified atom stereocenters. The number of rotatable bonds is 4. The number of H-pyrrole nitrogens is 1. The predicted octanol–water partition coefficient (Wildman–Crippen LogP) is 2.67. The average molecular weight is 322 g/mol. The van der Waals surface area contributed by atoms with Crippen molar-refractivity contribution in [3.63, 3.8) is 0 Å². The summed E-state index contributed by atoms with van der Waals surface area (Å²) in [6, 6.07) is 2.12. The molecule has 1 N–H and O–H groups in total. The van der Waals surface area contributed by atoms with Crippen molar-refractivity contribution in [1.29, 1.82) is 0 Å². The van der Waals surface area contributed by atoms with Crippen molar-refractivity contribution in [2.45, 2.75) is 37.9 Å². The number of aromatic nitrogens is 3. The van der Waals surface area contributed by atoms with E-state index in [1.54, 1.807) is 11.3 Å². The fourth-order valence-corrected chi connectivity index (χ4v) is 3.86. The number of thioether (sulfide) groups is 1. The highest BCUT2D eigenvalue weighted by Crippen LogP contribution is 2.25. The molecule has 112 valence electrons. The Morgan fingerprint density at radius 1 is 1.57 bits per heavy atom. The number of fused-ring (bicyclic) bond motifs is 1. The highest BCUT2D eigenvalue weighted by atomic mass is 32.2. The monoisotopic (exact) mass is 322 g/mol. The average Bonchev–Trinajstić information content (AvgIpc) is 3.12. The number of carbonyl (C=O) groups excluding carboxylic acids is 1. The quantitative estimate of drug-likeness (QED) is 0.879. The van der Waals surface area contributed by atoms with Gasteiger partial charge >= 0.3 is 0 Å². The standard InChI is InChI=1S/C14H18N4OS2/c1-9(2)13-15-14(17-16-13)21-8-12(19)18-5-3-11-10(7-18)4-6-20-11/h4,6,9H,3,5,7-8H2,1-2H3,(H,15,16,17). The molecule has 21 heavy (non-hydrogen) atoms. The van der Waals surface area contributed by atoms with Crippen LogP contribution in [0.5, 0.6) is 0 Å². The summed E-state index contributed by atoms with van der Waals surface area (Å²) >= 11 is 3.19. The molecule has 0 atom stereocenters. The fourth-order valence-electron chi connectivity index (χ4n) is 2.26. The Kier molecular flexibility index (Phi) is 4.30. The van der Waals surface area contributed by atoms with Gasteiger partial charge in [0.1, 0.15) is 5.82 Å². The number of nitrogens with one attached hydrogen (secondary N) is 1. The number of aromatic amines is 1. The van der Waals surface area contributed by atoms with E-state index in [1.165, 1.54) is 22.2 Å². The Bertz CT molecular complexity index is 634. The second-order valence-electron chi connectivity index (χ2n) is 5.38. The normalized spacial score (nSPS) is 14.5. The van der Waals surface area contributed by atoms with E-state index in [4.69, 9.17) is 0 Å². The maximum Gasteiger partial charge on any atom is 0.233 e. The Labute approximate surface area is 132 Å². The Hall–Kier alpha value is -1.34. The molecule has 1 amide bonds. The third-order valence-electron chi connectivity index (χ3n) is 3.51. The van der Waals surface area contributed by atoms with Gasteiger partial charge in [-0.05, 0) is 23.4 Å². The zero-order valence-corrected chi connectivity index (χ0v) is 13.8. The molecule has 5 nitrogen and oxygen atoms in total. The molecule has 0 saturated carbocycles. The van der Waals surface area contributed by atoms with E-state index in [2.05, 4.69) is 40.5 Å². The summed E-state index contributed by atoms with van der Waals surface area (Å²) in [4.78, 5) is 20.0. The highest BCUT2D eigenvalue weighted by molar-refractivity contribution is 7.99. The van der Waals surface area contributed by atoms with Gasteiger partial charge in [-0.2, -0.15) is 0 Å². The number of amides is 1. The van der Waals surface area contributed by atoms with Gasteiger partial charge in [0, 0.05) is 23.9 Å². The minimum atomic E-state index is 0.160. The summed E-state index contributed by atoms with van der Waals surface area (Å²) < 4.78 is 0. The van der Waals surface area contributed by atoms with Crippen LogP contribution in [0.25, 0.3) is 0 Å². The maximum atomic E-state index is 12.3. The van der Waals surface area contributed by atoms with Crippen LogP contribution in [0.3, 0.4) is 0 Å². The van der Waals surface area contributed by atoms with Gasteiger partial charge in [0.05, 0.1) is 5.75 Å². The SMILES string of the molecule is CC(C)c1nc(SCC(=O)N2CCc3sccc3C2)n[nH]1. The van der Waals surface area contributed by atoms with Crippen LogP contribution >= 0.6 is 23.1 Å². The smallest absolute Gasteiger partial charge is 0.233 e. The lowest BCUT2D eigenvalue weighted by Crippen LogP contribution is -2.36. The first kappa shape index (κ1) is 14.6. The van der Waals surface area contributed by atoms with Crippen molar-refractivity contribution in [3.8, 4) is 0 Å². The minimum absolute atomic E-state index is 0.160. The zero-order valence-electron chi connectivity index (χ0n) is 12.1. The molecule has 0 bridgehead atoms. The van der Waals surface area contributed by atoms with Crippen molar-refractivity contribution < 1.29 is 4.79 Å². The first-order valence-electron chi connectivity index (χ1n) is 7.01. The second-order valence-corrected chi connectivity index (χ2v) is 7.32. The molecule has 0 spiro atoms. The summed E-state index contributed by atoms with van der Waals surface area (Å²) in [6.07, 6.45) is 0.974. The first-order valence-corrected chi connectivity index (χ1v) is 8.88. The van der Waals surface area contributed by atoms with Crippen molar-refractivity contribution in [3.05, 3.63) is 27.7 Å². The molecule has 0 aromatic carbocycles. The second kappa shape index (κ2) is 6.19. The van der Waals surface area contributed by atoms with Gasteiger partial charge in [-0.3, -0.25) is 9.89 Å².